The van der Waals surface area contributed by atoms with E-state index in [4.69, 9.17) is 5.11 Å². The van der Waals surface area contributed by atoms with Gasteiger partial charge in [-0.1, -0.05) is 6.92 Å². The Morgan fingerprint density at radius 3 is 3.24 bits per heavy atom. The third-order valence-corrected chi connectivity index (χ3v) is 4.41. The van der Waals surface area contributed by atoms with Gasteiger partial charge in [-0.3, -0.25) is 4.79 Å². The smallest absolute Gasteiger partial charge is 0.261 e. The molecule has 1 amide bonds. The maximum absolute atomic E-state index is 11.8. The molecule has 0 saturated heterocycles. The van der Waals surface area contributed by atoms with Crippen molar-refractivity contribution in [1.29, 1.82) is 0 Å². The third kappa shape index (κ3) is 3.07. The van der Waals surface area contributed by atoms with Gasteiger partial charge in [0.15, 0.2) is 0 Å². The topological polar surface area (TPSA) is 49.3 Å². The Hall–Kier alpha value is -0.870. The van der Waals surface area contributed by atoms with Gasteiger partial charge in [-0.25, -0.2) is 0 Å². The highest BCUT2D eigenvalue weighted by Crippen LogP contribution is 2.32. The van der Waals surface area contributed by atoms with Gasteiger partial charge in [0.05, 0.1) is 4.88 Å². The fourth-order valence-electron chi connectivity index (χ4n) is 2.19. The molecule has 0 radical (unpaired) electrons. The summed E-state index contributed by atoms with van der Waals surface area (Å²) in [6, 6.07) is 2.05. The van der Waals surface area contributed by atoms with E-state index in [0.29, 0.717) is 13.0 Å². The van der Waals surface area contributed by atoms with Crippen molar-refractivity contribution in [3.63, 3.8) is 0 Å². The summed E-state index contributed by atoms with van der Waals surface area (Å²) in [5.41, 5.74) is 1.36. The summed E-state index contributed by atoms with van der Waals surface area (Å²) in [4.78, 5) is 14.0. The number of thiophene rings is 1. The van der Waals surface area contributed by atoms with Gasteiger partial charge in [0, 0.05) is 18.0 Å². The predicted molar refractivity (Wildman–Crippen MR) is 69.5 cm³/mol. The predicted octanol–water partition coefficient (Wildman–Crippen LogP) is 1.99. The van der Waals surface area contributed by atoms with Crippen molar-refractivity contribution < 1.29 is 9.90 Å². The van der Waals surface area contributed by atoms with Crippen LogP contribution in [0.25, 0.3) is 0 Å². The van der Waals surface area contributed by atoms with Crippen LogP contribution in [-0.4, -0.2) is 24.2 Å². The van der Waals surface area contributed by atoms with E-state index in [-0.39, 0.29) is 12.5 Å². The first-order chi connectivity index (χ1) is 8.20. The van der Waals surface area contributed by atoms with E-state index in [0.717, 1.165) is 23.6 Å². The van der Waals surface area contributed by atoms with E-state index in [1.54, 1.807) is 11.3 Å². The zero-order valence-electron chi connectivity index (χ0n) is 10.2. The molecule has 0 bridgehead atoms. The fourth-order valence-corrected chi connectivity index (χ4v) is 3.31. The molecular formula is C13H19NO2S. The second kappa shape index (κ2) is 5.65. The molecule has 0 spiro atoms. The minimum atomic E-state index is 0.00510. The standard InChI is InChI=1S/C13H19NO2S/c1-9-3-4-11-10(7-9)8-12(17-11)13(16)14-5-2-6-15/h8-9,15H,2-7H2,1H3,(H,14,16). The minimum absolute atomic E-state index is 0.00510. The average molecular weight is 253 g/mol. The van der Waals surface area contributed by atoms with Crippen molar-refractivity contribution >= 4 is 17.2 Å². The van der Waals surface area contributed by atoms with Crippen LogP contribution in [0.5, 0.6) is 0 Å². The Morgan fingerprint density at radius 2 is 2.47 bits per heavy atom. The van der Waals surface area contributed by atoms with Crippen LogP contribution in [0.4, 0.5) is 0 Å². The number of rotatable bonds is 4. The molecule has 0 saturated carbocycles. The van der Waals surface area contributed by atoms with Crippen LogP contribution in [0.3, 0.4) is 0 Å². The van der Waals surface area contributed by atoms with Crippen molar-refractivity contribution in [3.05, 3.63) is 21.4 Å². The maximum Gasteiger partial charge on any atom is 0.261 e. The van der Waals surface area contributed by atoms with E-state index < -0.39 is 0 Å². The van der Waals surface area contributed by atoms with Gasteiger partial charge < -0.3 is 10.4 Å². The highest BCUT2D eigenvalue weighted by atomic mass is 32.1. The summed E-state index contributed by atoms with van der Waals surface area (Å²) in [5.74, 6) is 0.743. The number of aryl methyl sites for hydroxylation is 1. The summed E-state index contributed by atoms with van der Waals surface area (Å²) in [5, 5.41) is 11.5. The Labute approximate surface area is 106 Å². The molecule has 17 heavy (non-hydrogen) atoms. The molecule has 2 rings (SSSR count). The van der Waals surface area contributed by atoms with Crippen LogP contribution >= 0.6 is 11.3 Å². The van der Waals surface area contributed by atoms with Gasteiger partial charge in [0.2, 0.25) is 0 Å². The lowest BCUT2D eigenvalue weighted by Crippen LogP contribution is -2.24. The van der Waals surface area contributed by atoms with Gasteiger partial charge in [-0.15, -0.1) is 11.3 Å². The van der Waals surface area contributed by atoms with Crippen molar-refractivity contribution in [3.8, 4) is 0 Å². The van der Waals surface area contributed by atoms with Crippen molar-refractivity contribution in [2.75, 3.05) is 13.2 Å². The number of hydrogen-bond donors (Lipinski definition) is 2. The van der Waals surface area contributed by atoms with Gasteiger partial charge >= 0.3 is 0 Å². The Balaban J connectivity index is 2.00. The largest absolute Gasteiger partial charge is 0.396 e. The van der Waals surface area contributed by atoms with Crippen LogP contribution in [0.2, 0.25) is 0 Å². The van der Waals surface area contributed by atoms with Gasteiger partial charge in [0.25, 0.3) is 5.91 Å². The first-order valence-corrected chi connectivity index (χ1v) is 7.03. The second-order valence-corrected chi connectivity index (χ2v) is 5.88. The lowest BCUT2D eigenvalue weighted by atomic mass is 9.90. The molecule has 1 atom stereocenters. The highest BCUT2D eigenvalue weighted by molar-refractivity contribution is 7.14. The van der Waals surface area contributed by atoms with Gasteiger partial charge in [-0.05, 0) is 43.2 Å². The fraction of sp³-hybridized carbons (Fsp3) is 0.615. The number of fused-ring (bicyclic) bond motifs is 1. The Morgan fingerprint density at radius 1 is 1.65 bits per heavy atom. The number of aliphatic hydroxyl groups excluding tert-OH is 1. The molecule has 2 N–H and O–H groups in total. The van der Waals surface area contributed by atoms with Gasteiger partial charge in [0.1, 0.15) is 0 Å². The monoisotopic (exact) mass is 253 g/mol. The molecule has 0 aliphatic heterocycles. The lowest BCUT2D eigenvalue weighted by Gasteiger charge is -2.16. The quantitative estimate of drug-likeness (QED) is 0.806. The SMILES string of the molecule is CC1CCc2sc(C(=O)NCCCO)cc2C1. The molecule has 1 heterocycles. The van der Waals surface area contributed by atoms with E-state index in [1.165, 1.54) is 16.9 Å². The zero-order valence-corrected chi connectivity index (χ0v) is 11.0. The van der Waals surface area contributed by atoms with Crippen LogP contribution in [0.1, 0.15) is 39.9 Å². The minimum Gasteiger partial charge on any atom is -0.396 e. The number of nitrogens with one attached hydrogen (secondary N) is 1. The van der Waals surface area contributed by atoms with Gasteiger partial charge in [-0.2, -0.15) is 0 Å². The molecular weight excluding hydrogens is 234 g/mol. The summed E-state index contributed by atoms with van der Waals surface area (Å²) in [6.07, 6.45) is 4.08. The van der Waals surface area contributed by atoms with Crippen molar-refractivity contribution in [2.45, 2.75) is 32.6 Å². The summed E-state index contributed by atoms with van der Waals surface area (Å²) in [7, 11) is 0. The first kappa shape index (κ1) is 12.6. The molecule has 3 nitrogen and oxygen atoms in total. The Kier molecular flexibility index (Phi) is 4.18. The van der Waals surface area contributed by atoms with E-state index in [2.05, 4.69) is 12.2 Å². The highest BCUT2D eigenvalue weighted by Gasteiger charge is 2.20. The molecule has 0 fully saturated rings. The maximum atomic E-state index is 11.8. The zero-order chi connectivity index (χ0) is 12.3. The average Bonchev–Trinajstić information content (AvgIpc) is 2.72. The molecule has 0 aromatic carbocycles. The van der Waals surface area contributed by atoms with E-state index >= 15 is 0 Å². The molecule has 94 valence electrons. The third-order valence-electron chi connectivity index (χ3n) is 3.17. The van der Waals surface area contributed by atoms with Crippen molar-refractivity contribution in [2.24, 2.45) is 5.92 Å². The van der Waals surface area contributed by atoms with Crippen LogP contribution in [0, 0.1) is 5.92 Å². The normalized spacial score (nSPS) is 18.8. The van der Waals surface area contributed by atoms with Crippen molar-refractivity contribution in [1.82, 2.24) is 5.32 Å². The molecule has 1 aliphatic carbocycles. The number of amides is 1. The number of carbonyl (C=O) groups excluding carboxylic acids is 1. The molecule has 1 aliphatic rings. The number of hydrogen-bond acceptors (Lipinski definition) is 3. The van der Waals surface area contributed by atoms with E-state index in [9.17, 15) is 4.79 Å². The molecule has 1 aromatic heterocycles. The lowest BCUT2D eigenvalue weighted by molar-refractivity contribution is 0.0955. The second-order valence-electron chi connectivity index (χ2n) is 4.74. The number of carbonyl (C=O) groups is 1. The summed E-state index contributed by atoms with van der Waals surface area (Å²) in [6.45, 7) is 2.94. The summed E-state index contributed by atoms with van der Waals surface area (Å²) >= 11 is 1.63. The first-order valence-electron chi connectivity index (χ1n) is 6.21. The van der Waals surface area contributed by atoms with E-state index in [1.807, 2.05) is 6.07 Å². The van der Waals surface area contributed by atoms with Crippen LogP contribution in [0.15, 0.2) is 6.07 Å². The molecule has 1 aromatic rings. The van der Waals surface area contributed by atoms with Crippen LogP contribution < -0.4 is 5.32 Å². The summed E-state index contributed by atoms with van der Waals surface area (Å²) < 4.78 is 0. The van der Waals surface area contributed by atoms with Crippen LogP contribution in [-0.2, 0) is 12.8 Å². The molecule has 1 unspecified atom stereocenters. The molecule has 4 heteroatoms. The Bertz CT molecular complexity index is 400. The number of aliphatic hydroxyl groups is 1.